The number of hydrogen-bond donors (Lipinski definition) is 2. The van der Waals surface area contributed by atoms with Crippen LogP contribution in [0.15, 0.2) is 0 Å². The van der Waals surface area contributed by atoms with Gasteiger partial charge in [-0.3, -0.25) is 0 Å². The van der Waals surface area contributed by atoms with Crippen molar-refractivity contribution in [2.45, 2.75) is 57.1 Å². The zero-order valence-corrected chi connectivity index (χ0v) is 11.7. The Morgan fingerprint density at radius 1 is 1.11 bits per heavy atom. The van der Waals surface area contributed by atoms with Gasteiger partial charge < -0.3 is 20.1 Å². The number of carbonyl (C=O) groups excluding carboxylic acids is 1. The fourth-order valence-electron chi connectivity index (χ4n) is 2.65. The minimum absolute atomic E-state index is 0.0449. The van der Waals surface area contributed by atoms with Gasteiger partial charge in [0.05, 0.1) is 6.10 Å². The third kappa shape index (κ3) is 5.78. The molecule has 0 radical (unpaired) electrons. The summed E-state index contributed by atoms with van der Waals surface area (Å²) in [5.74, 6) is 0. The molecule has 19 heavy (non-hydrogen) atoms. The van der Waals surface area contributed by atoms with Crippen molar-refractivity contribution in [2.75, 3.05) is 26.4 Å². The second-order valence-corrected chi connectivity index (χ2v) is 5.42. The van der Waals surface area contributed by atoms with E-state index in [-0.39, 0.29) is 12.1 Å². The maximum Gasteiger partial charge on any atom is 0.315 e. The maximum atomic E-state index is 11.7. The molecular formula is C14H26N2O3. The van der Waals surface area contributed by atoms with E-state index in [4.69, 9.17) is 9.47 Å². The SMILES string of the molecule is O=C(NCCCC1CCCCO1)NC1CCOCC1. The molecule has 0 bridgehead atoms. The van der Waals surface area contributed by atoms with Crippen LogP contribution < -0.4 is 10.6 Å². The van der Waals surface area contributed by atoms with Gasteiger partial charge in [0.25, 0.3) is 0 Å². The minimum atomic E-state index is -0.0449. The predicted octanol–water partition coefficient (Wildman–Crippen LogP) is 1.81. The zero-order valence-electron chi connectivity index (χ0n) is 11.7. The van der Waals surface area contributed by atoms with E-state index in [0.29, 0.717) is 6.10 Å². The van der Waals surface area contributed by atoms with E-state index in [0.717, 1.165) is 52.0 Å². The highest BCUT2D eigenvalue weighted by Crippen LogP contribution is 2.16. The fourth-order valence-corrected chi connectivity index (χ4v) is 2.65. The standard InChI is InChI=1S/C14H26N2O3/c17-14(16-12-6-10-18-11-7-12)15-8-3-5-13-4-1-2-9-19-13/h12-13H,1-11H2,(H2,15,16,17). The molecule has 0 aromatic heterocycles. The first-order valence-corrected chi connectivity index (χ1v) is 7.58. The molecule has 0 saturated carbocycles. The number of ether oxygens (including phenoxy) is 2. The van der Waals surface area contributed by atoms with E-state index in [1.165, 1.54) is 19.3 Å². The summed E-state index contributed by atoms with van der Waals surface area (Å²) in [7, 11) is 0. The quantitative estimate of drug-likeness (QED) is 0.749. The molecule has 5 heteroatoms. The number of nitrogens with one attached hydrogen (secondary N) is 2. The van der Waals surface area contributed by atoms with Crippen LogP contribution in [0.2, 0.25) is 0 Å². The van der Waals surface area contributed by atoms with Gasteiger partial charge >= 0.3 is 6.03 Å². The van der Waals surface area contributed by atoms with Gasteiger partial charge in [0, 0.05) is 32.4 Å². The van der Waals surface area contributed by atoms with Crippen molar-refractivity contribution in [3.05, 3.63) is 0 Å². The molecule has 2 N–H and O–H groups in total. The molecule has 1 atom stereocenters. The smallest absolute Gasteiger partial charge is 0.315 e. The molecule has 0 aliphatic carbocycles. The largest absolute Gasteiger partial charge is 0.381 e. The Morgan fingerprint density at radius 2 is 1.95 bits per heavy atom. The summed E-state index contributed by atoms with van der Waals surface area (Å²) in [4.78, 5) is 11.7. The Kier molecular flexibility index (Phi) is 6.44. The van der Waals surface area contributed by atoms with Crippen LogP contribution in [0.5, 0.6) is 0 Å². The van der Waals surface area contributed by atoms with Gasteiger partial charge in [0.15, 0.2) is 0 Å². The normalized spacial score (nSPS) is 24.9. The summed E-state index contributed by atoms with van der Waals surface area (Å²) >= 11 is 0. The average Bonchev–Trinajstić information content (AvgIpc) is 2.46. The zero-order chi connectivity index (χ0) is 13.3. The number of hydrogen-bond acceptors (Lipinski definition) is 3. The summed E-state index contributed by atoms with van der Waals surface area (Å²) in [5, 5.41) is 5.92. The molecule has 2 aliphatic heterocycles. The summed E-state index contributed by atoms with van der Waals surface area (Å²) < 4.78 is 10.9. The minimum Gasteiger partial charge on any atom is -0.381 e. The van der Waals surface area contributed by atoms with Crippen LogP contribution in [0, 0.1) is 0 Å². The lowest BCUT2D eigenvalue weighted by Crippen LogP contribution is -2.44. The van der Waals surface area contributed by atoms with Crippen molar-refractivity contribution >= 4 is 6.03 Å². The van der Waals surface area contributed by atoms with Crippen LogP contribution in [-0.2, 0) is 9.47 Å². The maximum absolute atomic E-state index is 11.7. The molecule has 2 heterocycles. The molecule has 110 valence electrons. The van der Waals surface area contributed by atoms with Gasteiger partial charge in [0.1, 0.15) is 0 Å². The lowest BCUT2D eigenvalue weighted by Gasteiger charge is -2.24. The highest BCUT2D eigenvalue weighted by atomic mass is 16.5. The van der Waals surface area contributed by atoms with Crippen molar-refractivity contribution < 1.29 is 14.3 Å². The van der Waals surface area contributed by atoms with Crippen LogP contribution in [-0.4, -0.2) is 44.5 Å². The topological polar surface area (TPSA) is 59.6 Å². The molecule has 2 saturated heterocycles. The molecule has 0 aromatic rings. The lowest BCUT2D eigenvalue weighted by molar-refractivity contribution is 0.0103. The predicted molar refractivity (Wildman–Crippen MR) is 73.2 cm³/mol. The molecule has 0 aromatic carbocycles. The molecule has 2 fully saturated rings. The van der Waals surface area contributed by atoms with Gasteiger partial charge in [-0.05, 0) is 44.9 Å². The summed E-state index contributed by atoms with van der Waals surface area (Å²) in [6.45, 7) is 3.14. The third-order valence-corrected chi connectivity index (χ3v) is 3.82. The van der Waals surface area contributed by atoms with Gasteiger partial charge in [-0.2, -0.15) is 0 Å². The first kappa shape index (κ1) is 14.6. The van der Waals surface area contributed by atoms with Crippen molar-refractivity contribution in [1.29, 1.82) is 0 Å². The first-order valence-electron chi connectivity index (χ1n) is 7.58. The van der Waals surface area contributed by atoms with Crippen LogP contribution in [0.1, 0.15) is 44.9 Å². The molecule has 0 spiro atoms. The molecule has 5 nitrogen and oxygen atoms in total. The van der Waals surface area contributed by atoms with Crippen molar-refractivity contribution in [1.82, 2.24) is 10.6 Å². The van der Waals surface area contributed by atoms with Crippen molar-refractivity contribution in [3.63, 3.8) is 0 Å². The van der Waals surface area contributed by atoms with E-state index in [1.807, 2.05) is 0 Å². The molecule has 2 aliphatic rings. The molecule has 2 amide bonds. The van der Waals surface area contributed by atoms with E-state index < -0.39 is 0 Å². The summed E-state index contributed by atoms with van der Waals surface area (Å²) in [6.07, 6.45) is 7.95. The molecular weight excluding hydrogens is 244 g/mol. The highest BCUT2D eigenvalue weighted by molar-refractivity contribution is 5.74. The Bertz CT molecular complexity index is 261. The number of amides is 2. The number of carbonyl (C=O) groups is 1. The van der Waals surface area contributed by atoms with Gasteiger partial charge in [0.2, 0.25) is 0 Å². The van der Waals surface area contributed by atoms with Crippen LogP contribution in [0.25, 0.3) is 0 Å². The third-order valence-electron chi connectivity index (χ3n) is 3.82. The van der Waals surface area contributed by atoms with E-state index in [1.54, 1.807) is 0 Å². The van der Waals surface area contributed by atoms with Crippen molar-refractivity contribution in [2.24, 2.45) is 0 Å². The number of rotatable bonds is 5. The Morgan fingerprint density at radius 3 is 2.68 bits per heavy atom. The Labute approximate surface area is 115 Å². The molecule has 2 rings (SSSR count). The summed E-state index contributed by atoms with van der Waals surface area (Å²) in [5.41, 5.74) is 0. The van der Waals surface area contributed by atoms with E-state index in [2.05, 4.69) is 10.6 Å². The monoisotopic (exact) mass is 270 g/mol. The van der Waals surface area contributed by atoms with Crippen LogP contribution in [0.4, 0.5) is 4.79 Å². The highest BCUT2D eigenvalue weighted by Gasteiger charge is 2.16. The van der Waals surface area contributed by atoms with Gasteiger partial charge in [-0.1, -0.05) is 0 Å². The number of urea groups is 1. The second-order valence-electron chi connectivity index (χ2n) is 5.42. The second kappa shape index (κ2) is 8.38. The lowest BCUT2D eigenvalue weighted by atomic mass is 10.0. The first-order chi connectivity index (χ1) is 9.34. The summed E-state index contributed by atoms with van der Waals surface area (Å²) in [6, 6.07) is 0.229. The average molecular weight is 270 g/mol. The van der Waals surface area contributed by atoms with Gasteiger partial charge in [-0.25, -0.2) is 4.79 Å². The Hall–Kier alpha value is -0.810. The van der Waals surface area contributed by atoms with E-state index in [9.17, 15) is 4.79 Å². The van der Waals surface area contributed by atoms with Crippen molar-refractivity contribution in [3.8, 4) is 0 Å². The van der Waals surface area contributed by atoms with Crippen LogP contribution >= 0.6 is 0 Å². The fraction of sp³-hybridized carbons (Fsp3) is 0.929. The molecule has 1 unspecified atom stereocenters. The van der Waals surface area contributed by atoms with E-state index >= 15 is 0 Å². The van der Waals surface area contributed by atoms with Crippen LogP contribution in [0.3, 0.4) is 0 Å². The Balaban J connectivity index is 1.48. The van der Waals surface area contributed by atoms with Gasteiger partial charge in [-0.15, -0.1) is 0 Å².